The second-order valence-electron chi connectivity index (χ2n) is 13.4. The van der Waals surface area contributed by atoms with E-state index in [0.29, 0.717) is 0 Å². The lowest BCUT2D eigenvalue weighted by atomic mass is 9.99. The molecule has 3 nitrogen and oxygen atoms in total. The van der Waals surface area contributed by atoms with Gasteiger partial charge in [-0.05, 0) is 83.9 Å². The van der Waals surface area contributed by atoms with E-state index < -0.39 is 0 Å². The molecule has 0 atom stereocenters. The molecule has 0 saturated heterocycles. The summed E-state index contributed by atoms with van der Waals surface area (Å²) in [4.78, 5) is 0. The van der Waals surface area contributed by atoms with Crippen molar-refractivity contribution < 1.29 is 0 Å². The van der Waals surface area contributed by atoms with Crippen LogP contribution in [0.3, 0.4) is 0 Å². The summed E-state index contributed by atoms with van der Waals surface area (Å²) >= 11 is 0. The molecule has 3 heteroatoms. The number of nitrogens with zero attached hydrogens (tertiary/aromatic N) is 3. The highest BCUT2D eigenvalue weighted by molar-refractivity contribution is 6.19. The fraction of sp³-hybridized carbons (Fsp3) is 0. The van der Waals surface area contributed by atoms with E-state index in [1.54, 1.807) is 0 Å². The first-order chi connectivity index (χ1) is 25.3. The third-order valence-electron chi connectivity index (χ3n) is 10.6. The summed E-state index contributed by atoms with van der Waals surface area (Å²) in [6.07, 6.45) is 0. The van der Waals surface area contributed by atoms with Gasteiger partial charge in [-0.15, -0.1) is 0 Å². The fourth-order valence-corrected chi connectivity index (χ4v) is 8.47. The highest BCUT2D eigenvalue weighted by atomic mass is 15.0. The topological polar surface area (TPSA) is 14.8 Å². The Hall–Kier alpha value is -6.84. The fourth-order valence-electron chi connectivity index (χ4n) is 8.47. The zero-order chi connectivity index (χ0) is 33.5. The molecule has 0 fully saturated rings. The molecule has 11 aromatic rings. The Labute approximate surface area is 294 Å². The maximum atomic E-state index is 2.43. The van der Waals surface area contributed by atoms with Crippen LogP contribution in [0.25, 0.3) is 93.6 Å². The Bertz CT molecular complexity index is 3110. The monoisotopic (exact) mass is 649 g/mol. The highest BCUT2D eigenvalue weighted by Gasteiger charge is 2.19. The summed E-state index contributed by atoms with van der Waals surface area (Å²) in [5, 5.41) is 7.55. The second kappa shape index (κ2) is 10.8. The van der Waals surface area contributed by atoms with E-state index in [1.165, 1.54) is 87.9 Å². The number of aromatic nitrogens is 3. The number of rotatable bonds is 4. The van der Waals surface area contributed by atoms with E-state index in [9.17, 15) is 0 Å². The minimum atomic E-state index is 1.15. The lowest BCUT2D eigenvalue weighted by Crippen LogP contribution is -1.95. The summed E-state index contributed by atoms with van der Waals surface area (Å²) in [6, 6.07) is 68.4. The van der Waals surface area contributed by atoms with E-state index in [2.05, 4.69) is 202 Å². The smallest absolute Gasteiger partial charge is 0.0548 e. The minimum Gasteiger partial charge on any atom is -0.309 e. The van der Waals surface area contributed by atoms with Gasteiger partial charge in [-0.25, -0.2) is 0 Å². The van der Waals surface area contributed by atoms with E-state index in [1.807, 2.05) is 0 Å². The molecule has 3 heterocycles. The molecule has 238 valence electrons. The van der Waals surface area contributed by atoms with Crippen molar-refractivity contribution in [1.82, 2.24) is 13.7 Å². The lowest BCUT2D eigenvalue weighted by molar-refractivity contribution is 1.17. The van der Waals surface area contributed by atoms with Gasteiger partial charge in [0.25, 0.3) is 0 Å². The predicted octanol–water partition coefficient (Wildman–Crippen LogP) is 12.6. The van der Waals surface area contributed by atoms with Gasteiger partial charge in [-0.2, -0.15) is 0 Å². The molecule has 0 aliphatic carbocycles. The highest BCUT2D eigenvalue weighted by Crippen LogP contribution is 2.41. The molecule has 8 aromatic carbocycles. The van der Waals surface area contributed by atoms with Gasteiger partial charge < -0.3 is 13.7 Å². The van der Waals surface area contributed by atoms with Crippen LogP contribution in [0.15, 0.2) is 188 Å². The number of hydrogen-bond donors (Lipinski definition) is 0. The normalized spacial score (nSPS) is 11.9. The van der Waals surface area contributed by atoms with Gasteiger partial charge in [0.05, 0.1) is 33.1 Å². The number of benzene rings is 8. The first-order valence-corrected chi connectivity index (χ1v) is 17.5. The molecule has 0 saturated carbocycles. The van der Waals surface area contributed by atoms with Crippen LogP contribution in [-0.2, 0) is 0 Å². The van der Waals surface area contributed by atoms with E-state index >= 15 is 0 Å². The first kappa shape index (κ1) is 28.0. The molecule has 0 aliphatic heterocycles. The molecule has 0 spiro atoms. The van der Waals surface area contributed by atoms with Crippen molar-refractivity contribution in [2.75, 3.05) is 0 Å². The van der Waals surface area contributed by atoms with Gasteiger partial charge >= 0.3 is 0 Å². The zero-order valence-corrected chi connectivity index (χ0v) is 27.7. The molecular formula is C48H31N3. The Morgan fingerprint density at radius 3 is 1.22 bits per heavy atom. The number of fused-ring (bicyclic) bond motifs is 9. The Morgan fingerprint density at radius 2 is 0.667 bits per heavy atom. The number of hydrogen-bond acceptors (Lipinski definition) is 0. The van der Waals surface area contributed by atoms with Crippen LogP contribution in [0, 0.1) is 0 Å². The van der Waals surface area contributed by atoms with Crippen molar-refractivity contribution in [3.8, 4) is 28.2 Å². The quantitative estimate of drug-likeness (QED) is 0.180. The molecule has 0 aliphatic rings. The molecule has 11 rings (SSSR count). The molecule has 51 heavy (non-hydrogen) atoms. The van der Waals surface area contributed by atoms with E-state index in [0.717, 1.165) is 5.69 Å². The Morgan fingerprint density at radius 1 is 0.255 bits per heavy atom. The average Bonchev–Trinajstić information content (AvgIpc) is 3.83. The molecule has 0 amide bonds. The number of para-hydroxylation sites is 5. The van der Waals surface area contributed by atoms with Crippen molar-refractivity contribution in [2.24, 2.45) is 0 Å². The van der Waals surface area contributed by atoms with Gasteiger partial charge in [-0.3, -0.25) is 0 Å². The summed E-state index contributed by atoms with van der Waals surface area (Å²) in [5.41, 5.74) is 13.2. The standard InChI is InChI=1S/C48H31N3/c1-3-14-33(15-4-1)49-44-24-12-9-20-39(44)48-36(21-13-25-45(48)49)32-26-28-35(29-27-32)51-43-23-11-8-19-38(43)41-30-46-40(31-47(41)51)37-18-7-10-22-42(37)50(46)34-16-5-2-6-17-34/h1-31H. The summed E-state index contributed by atoms with van der Waals surface area (Å²) in [5.74, 6) is 0. The van der Waals surface area contributed by atoms with Crippen molar-refractivity contribution in [2.45, 2.75) is 0 Å². The Kier molecular flexibility index (Phi) is 5.96. The van der Waals surface area contributed by atoms with Crippen LogP contribution in [-0.4, -0.2) is 13.7 Å². The van der Waals surface area contributed by atoms with E-state index in [4.69, 9.17) is 0 Å². The van der Waals surface area contributed by atoms with Gasteiger partial charge in [0.15, 0.2) is 0 Å². The maximum absolute atomic E-state index is 2.43. The Balaban J connectivity index is 1.13. The van der Waals surface area contributed by atoms with Crippen LogP contribution >= 0.6 is 0 Å². The summed E-state index contributed by atoms with van der Waals surface area (Å²) in [6.45, 7) is 0. The molecule has 3 aromatic heterocycles. The molecule has 0 unspecified atom stereocenters. The van der Waals surface area contributed by atoms with Gasteiger partial charge in [0, 0.05) is 49.4 Å². The SMILES string of the molecule is c1ccc(-n2c3ccccc3c3cc4c(cc32)c2ccccc2n4-c2ccc(-c3cccc4c3c3ccccc3n4-c3ccccc3)cc2)cc1. The maximum Gasteiger partial charge on any atom is 0.0548 e. The van der Waals surface area contributed by atoms with Crippen LogP contribution in [0.4, 0.5) is 0 Å². The second-order valence-corrected chi connectivity index (χ2v) is 13.4. The lowest BCUT2D eigenvalue weighted by Gasteiger charge is -2.11. The van der Waals surface area contributed by atoms with Crippen molar-refractivity contribution in [1.29, 1.82) is 0 Å². The largest absolute Gasteiger partial charge is 0.309 e. The van der Waals surface area contributed by atoms with Gasteiger partial charge in [-0.1, -0.05) is 115 Å². The van der Waals surface area contributed by atoms with Crippen LogP contribution in [0.5, 0.6) is 0 Å². The van der Waals surface area contributed by atoms with Crippen molar-refractivity contribution in [3.05, 3.63) is 188 Å². The summed E-state index contributed by atoms with van der Waals surface area (Å²) < 4.78 is 7.22. The third kappa shape index (κ3) is 4.06. The van der Waals surface area contributed by atoms with Crippen LogP contribution in [0.2, 0.25) is 0 Å². The van der Waals surface area contributed by atoms with E-state index in [-0.39, 0.29) is 0 Å². The van der Waals surface area contributed by atoms with Crippen LogP contribution in [0.1, 0.15) is 0 Å². The minimum absolute atomic E-state index is 1.15. The van der Waals surface area contributed by atoms with Gasteiger partial charge in [0.1, 0.15) is 0 Å². The van der Waals surface area contributed by atoms with Crippen LogP contribution < -0.4 is 0 Å². The zero-order valence-electron chi connectivity index (χ0n) is 27.7. The molecular weight excluding hydrogens is 619 g/mol. The van der Waals surface area contributed by atoms with Crippen molar-refractivity contribution >= 4 is 65.4 Å². The van der Waals surface area contributed by atoms with Crippen molar-refractivity contribution in [3.63, 3.8) is 0 Å². The van der Waals surface area contributed by atoms with Gasteiger partial charge in [0.2, 0.25) is 0 Å². The molecule has 0 bridgehead atoms. The summed E-state index contributed by atoms with van der Waals surface area (Å²) in [7, 11) is 0. The molecule has 0 N–H and O–H groups in total. The average molecular weight is 650 g/mol. The third-order valence-corrected chi connectivity index (χ3v) is 10.6. The molecule has 0 radical (unpaired) electrons. The predicted molar refractivity (Wildman–Crippen MR) is 215 cm³/mol. The first-order valence-electron chi connectivity index (χ1n) is 17.5.